The Hall–Kier alpha value is -2.60. The Labute approximate surface area is 182 Å². The maximum atomic E-state index is 2.62. The monoisotopic (exact) mass is 418 g/mol. The molecule has 0 N–H and O–H groups in total. The predicted octanol–water partition coefficient (Wildman–Crippen LogP) is 8.00. The number of hydrogen-bond donors (Lipinski definition) is 0. The fourth-order valence-electron chi connectivity index (χ4n) is 5.65. The SMILES string of the molecule is C1=C(c2ccccc2)SP2C1(c1ccccc1)C21c2ccccc2-c2ccccc21. The van der Waals surface area contributed by atoms with E-state index in [0.29, 0.717) is 0 Å². The Bertz CT molecular complexity index is 1280. The molecule has 142 valence electrons. The lowest BCUT2D eigenvalue weighted by Crippen LogP contribution is -2.20. The molecular formula is C28H19PS. The van der Waals surface area contributed by atoms with Gasteiger partial charge in [0.2, 0.25) is 0 Å². The second kappa shape index (κ2) is 5.97. The van der Waals surface area contributed by atoms with Gasteiger partial charge in [-0.05, 0) is 40.5 Å². The van der Waals surface area contributed by atoms with Gasteiger partial charge in [-0.1, -0.05) is 127 Å². The molecule has 2 atom stereocenters. The first-order valence-electron chi connectivity index (χ1n) is 10.4. The summed E-state index contributed by atoms with van der Waals surface area (Å²) < 4.78 is 0. The van der Waals surface area contributed by atoms with E-state index < -0.39 is 0 Å². The van der Waals surface area contributed by atoms with E-state index in [2.05, 4.69) is 127 Å². The molecule has 0 saturated carbocycles. The van der Waals surface area contributed by atoms with Crippen molar-refractivity contribution in [2.24, 2.45) is 0 Å². The van der Waals surface area contributed by atoms with Crippen molar-refractivity contribution in [2.45, 2.75) is 10.3 Å². The van der Waals surface area contributed by atoms with Crippen molar-refractivity contribution >= 4 is 23.4 Å². The van der Waals surface area contributed by atoms with Gasteiger partial charge in [-0.3, -0.25) is 0 Å². The summed E-state index contributed by atoms with van der Waals surface area (Å²) in [5, 5.41) is 0.141. The molecule has 0 amide bonds. The largest absolute Gasteiger partial charge is 0.0957 e. The Morgan fingerprint density at radius 1 is 0.567 bits per heavy atom. The van der Waals surface area contributed by atoms with Crippen LogP contribution in [-0.2, 0) is 10.3 Å². The molecule has 4 aromatic rings. The van der Waals surface area contributed by atoms with Crippen molar-refractivity contribution < 1.29 is 0 Å². The first kappa shape index (κ1) is 17.1. The lowest BCUT2D eigenvalue weighted by molar-refractivity contribution is 0.728. The average Bonchev–Trinajstić information content (AvgIpc) is 3.08. The molecule has 3 aliphatic rings. The van der Waals surface area contributed by atoms with Gasteiger partial charge in [0, 0.05) is 4.91 Å². The van der Waals surface area contributed by atoms with E-state index in [1.807, 2.05) is 0 Å². The Kier molecular flexibility index (Phi) is 3.41. The summed E-state index contributed by atoms with van der Waals surface area (Å²) >= 11 is 2.14. The molecule has 0 nitrogen and oxygen atoms in total. The zero-order valence-electron chi connectivity index (χ0n) is 16.3. The van der Waals surface area contributed by atoms with Gasteiger partial charge in [-0.2, -0.15) is 0 Å². The molecule has 4 aromatic carbocycles. The number of allylic oxidation sites excluding steroid dienone is 1. The fraction of sp³-hybridized carbons (Fsp3) is 0.0714. The maximum Gasteiger partial charge on any atom is 0.0701 e. The van der Waals surface area contributed by atoms with Crippen LogP contribution in [0.2, 0.25) is 0 Å². The highest BCUT2D eigenvalue weighted by molar-refractivity contribution is 8.63. The summed E-state index contributed by atoms with van der Waals surface area (Å²) in [6.07, 6.45) is 2.62. The first-order chi connectivity index (χ1) is 14.9. The van der Waals surface area contributed by atoms with E-state index >= 15 is 0 Å². The maximum absolute atomic E-state index is 2.62. The fourth-order valence-corrected chi connectivity index (χ4v) is 13.3. The summed E-state index contributed by atoms with van der Waals surface area (Å²) in [4.78, 5) is 1.44. The van der Waals surface area contributed by atoms with Crippen LogP contribution in [0, 0.1) is 0 Å². The standard InChI is InChI=1S/C28H19PS/c1-3-11-20(12-4-1)26-19-27(21-13-5-2-6-14-21)28(29(27)30-26)24-17-9-7-15-22(24)23-16-8-10-18-25(23)28/h1-19H. The normalized spacial score (nSPS) is 24.1. The quantitative estimate of drug-likeness (QED) is 0.297. The van der Waals surface area contributed by atoms with Crippen molar-refractivity contribution in [3.05, 3.63) is 138 Å². The van der Waals surface area contributed by atoms with E-state index in [0.717, 1.165) is 0 Å². The number of fused-ring (bicyclic) bond motifs is 8. The van der Waals surface area contributed by atoms with Crippen LogP contribution in [0.1, 0.15) is 22.3 Å². The lowest BCUT2D eigenvalue weighted by Gasteiger charge is -2.23. The second-order valence-electron chi connectivity index (χ2n) is 8.19. The third-order valence-electron chi connectivity index (χ3n) is 6.85. The minimum Gasteiger partial charge on any atom is -0.0957 e. The molecule has 2 heteroatoms. The summed E-state index contributed by atoms with van der Waals surface area (Å²) in [7, 11) is -0.356. The Morgan fingerprint density at radius 3 is 1.73 bits per heavy atom. The summed E-state index contributed by atoms with van der Waals surface area (Å²) in [6, 6.07) is 40.4. The van der Waals surface area contributed by atoms with Crippen LogP contribution in [0.3, 0.4) is 0 Å². The van der Waals surface area contributed by atoms with Crippen molar-refractivity contribution in [1.29, 1.82) is 0 Å². The highest BCUT2D eigenvalue weighted by atomic mass is 32.7. The molecule has 0 bridgehead atoms. The van der Waals surface area contributed by atoms with Crippen molar-refractivity contribution in [1.82, 2.24) is 0 Å². The molecule has 7 rings (SSSR count). The molecule has 1 aliphatic carbocycles. The lowest BCUT2D eigenvalue weighted by atomic mass is 9.79. The predicted molar refractivity (Wildman–Crippen MR) is 130 cm³/mol. The van der Waals surface area contributed by atoms with Gasteiger partial charge in [-0.25, -0.2) is 0 Å². The van der Waals surface area contributed by atoms with Crippen LogP contribution < -0.4 is 0 Å². The van der Waals surface area contributed by atoms with Gasteiger partial charge in [0.1, 0.15) is 0 Å². The van der Waals surface area contributed by atoms with Crippen LogP contribution in [-0.4, -0.2) is 0 Å². The van der Waals surface area contributed by atoms with Crippen LogP contribution >= 0.6 is 18.5 Å². The Morgan fingerprint density at radius 2 is 1.10 bits per heavy atom. The third kappa shape index (κ3) is 1.89. The zero-order chi connectivity index (χ0) is 19.8. The Balaban J connectivity index is 1.54. The molecular weight excluding hydrogens is 399 g/mol. The van der Waals surface area contributed by atoms with E-state index in [1.165, 1.54) is 38.3 Å². The van der Waals surface area contributed by atoms with E-state index in [1.54, 1.807) is 0 Å². The smallest absolute Gasteiger partial charge is 0.0701 e. The van der Waals surface area contributed by atoms with Crippen molar-refractivity contribution in [2.75, 3.05) is 0 Å². The molecule has 2 heterocycles. The van der Waals surface area contributed by atoms with E-state index in [9.17, 15) is 0 Å². The highest BCUT2D eigenvalue weighted by Gasteiger charge is 2.82. The van der Waals surface area contributed by atoms with Crippen LogP contribution in [0.4, 0.5) is 0 Å². The third-order valence-corrected chi connectivity index (χ3v) is 13.0. The average molecular weight is 419 g/mol. The molecule has 2 unspecified atom stereocenters. The van der Waals surface area contributed by atoms with Gasteiger partial charge < -0.3 is 0 Å². The van der Waals surface area contributed by atoms with Crippen LogP contribution in [0.5, 0.6) is 0 Å². The molecule has 30 heavy (non-hydrogen) atoms. The number of rotatable bonds is 2. The van der Waals surface area contributed by atoms with Crippen LogP contribution in [0.15, 0.2) is 115 Å². The molecule has 2 aliphatic heterocycles. The number of hydrogen-bond acceptors (Lipinski definition) is 1. The topological polar surface area (TPSA) is 0 Å². The van der Waals surface area contributed by atoms with Gasteiger partial charge in [0.05, 0.1) is 10.3 Å². The highest BCUT2D eigenvalue weighted by Crippen LogP contribution is 3.05. The zero-order valence-corrected chi connectivity index (χ0v) is 18.0. The molecule has 0 aromatic heterocycles. The van der Waals surface area contributed by atoms with E-state index in [4.69, 9.17) is 0 Å². The van der Waals surface area contributed by atoms with Crippen molar-refractivity contribution in [3.63, 3.8) is 0 Å². The summed E-state index contributed by atoms with van der Waals surface area (Å²) in [6.45, 7) is 0. The van der Waals surface area contributed by atoms with E-state index in [-0.39, 0.29) is 17.4 Å². The van der Waals surface area contributed by atoms with Crippen LogP contribution in [0.25, 0.3) is 16.0 Å². The van der Waals surface area contributed by atoms with Gasteiger partial charge in [-0.15, -0.1) is 0 Å². The minimum atomic E-state index is -0.356. The minimum absolute atomic E-state index is 0.0577. The van der Waals surface area contributed by atoms with Gasteiger partial charge in [0.15, 0.2) is 0 Å². The molecule has 0 radical (unpaired) electrons. The first-order valence-corrected chi connectivity index (χ1v) is 13.2. The molecule has 1 saturated heterocycles. The van der Waals surface area contributed by atoms with Crippen molar-refractivity contribution in [3.8, 4) is 11.1 Å². The second-order valence-corrected chi connectivity index (χ2v) is 12.4. The van der Waals surface area contributed by atoms with Gasteiger partial charge in [0.25, 0.3) is 0 Å². The molecule has 1 fully saturated rings. The van der Waals surface area contributed by atoms with Gasteiger partial charge >= 0.3 is 0 Å². The summed E-state index contributed by atoms with van der Waals surface area (Å²) in [5.74, 6) is 0. The molecule has 1 spiro atoms. The summed E-state index contributed by atoms with van der Waals surface area (Å²) in [5.41, 5.74) is 8.71. The number of benzene rings is 4.